The van der Waals surface area contributed by atoms with Crippen LogP contribution in [0.25, 0.3) is 66.6 Å². The van der Waals surface area contributed by atoms with E-state index in [0.717, 1.165) is 39.6 Å². The first kappa shape index (κ1) is 28.1. The molecule has 0 N–H and O–H groups in total. The third kappa shape index (κ3) is 5.01. The van der Waals surface area contributed by atoms with Crippen LogP contribution in [0, 0.1) is 6.92 Å². The Hall–Kier alpha value is -5.73. The van der Waals surface area contributed by atoms with Crippen molar-refractivity contribution >= 4 is 27.1 Å². The average molecular weight is 579 g/mol. The van der Waals surface area contributed by atoms with Crippen molar-refractivity contribution in [3.8, 4) is 39.5 Å². The first-order valence-corrected chi connectivity index (χ1v) is 15.4. The lowest BCUT2D eigenvalue weighted by atomic mass is 9.89. The van der Waals surface area contributed by atoms with Gasteiger partial charge in [-0.05, 0) is 64.2 Å². The van der Waals surface area contributed by atoms with Gasteiger partial charge in [0.25, 0.3) is 0 Å². The van der Waals surface area contributed by atoms with Crippen LogP contribution in [0.2, 0.25) is 0 Å². The molecule has 6 aromatic carbocycles. The van der Waals surface area contributed by atoms with Gasteiger partial charge in [0, 0.05) is 22.4 Å². The van der Waals surface area contributed by atoms with Gasteiger partial charge in [0.1, 0.15) is 5.82 Å². The van der Waals surface area contributed by atoms with Crippen molar-refractivity contribution < 1.29 is 0 Å². The lowest BCUT2D eigenvalue weighted by molar-refractivity contribution is 1.05. The first-order valence-electron chi connectivity index (χ1n) is 15.4. The van der Waals surface area contributed by atoms with Gasteiger partial charge in [0.15, 0.2) is 0 Å². The van der Waals surface area contributed by atoms with Crippen LogP contribution in [0.1, 0.15) is 18.2 Å². The normalized spacial score (nSPS) is 11.9. The van der Waals surface area contributed by atoms with Crippen LogP contribution in [0.5, 0.6) is 0 Å². The Kier molecular flexibility index (Phi) is 7.55. The summed E-state index contributed by atoms with van der Waals surface area (Å²) in [5.41, 5.74) is 9.85. The molecule has 0 aliphatic carbocycles. The third-order valence-corrected chi connectivity index (χ3v) is 8.53. The summed E-state index contributed by atoms with van der Waals surface area (Å²) in [7, 11) is 0. The minimum absolute atomic E-state index is 0.883. The molecular formula is C43H34N2. The van der Waals surface area contributed by atoms with Crippen molar-refractivity contribution in [1.29, 1.82) is 0 Å². The number of hydrogen-bond donors (Lipinski definition) is 0. The molecule has 0 fully saturated rings. The number of aryl methyl sites for hydroxylation is 1. The van der Waals surface area contributed by atoms with Crippen molar-refractivity contribution in [3.63, 3.8) is 0 Å². The molecule has 0 radical (unpaired) electrons. The van der Waals surface area contributed by atoms with Crippen LogP contribution < -0.4 is 0 Å². The first-order chi connectivity index (χ1) is 22.2. The quantitative estimate of drug-likeness (QED) is 0.136. The van der Waals surface area contributed by atoms with Crippen LogP contribution >= 0.6 is 0 Å². The van der Waals surface area contributed by atoms with E-state index in [2.05, 4.69) is 152 Å². The standard InChI is InChI=1S/C43H34N2/c1-4-6-17-31(5-2)42-41(33-18-9-7-10-19-33)44-43(45(42)35-20-11-8-12-21-35)34-28-26-32(27-29-34)40-38-24-15-13-22-36(38)30(3)37-23-14-16-25-39(37)40/h4-29H,2H2,1,3H3/b6-4-,31-17+. The zero-order valence-corrected chi connectivity index (χ0v) is 25.6. The lowest BCUT2D eigenvalue weighted by Gasteiger charge is -2.16. The van der Waals surface area contributed by atoms with Gasteiger partial charge in [-0.3, -0.25) is 4.57 Å². The summed E-state index contributed by atoms with van der Waals surface area (Å²) in [4.78, 5) is 5.37. The molecule has 7 rings (SSSR count). The molecule has 2 heteroatoms. The van der Waals surface area contributed by atoms with Crippen molar-refractivity contribution in [2.45, 2.75) is 13.8 Å². The maximum Gasteiger partial charge on any atom is 0.145 e. The molecule has 2 nitrogen and oxygen atoms in total. The van der Waals surface area contributed by atoms with E-state index >= 15 is 0 Å². The average Bonchev–Trinajstić information content (AvgIpc) is 3.50. The van der Waals surface area contributed by atoms with E-state index < -0.39 is 0 Å². The largest absolute Gasteiger partial charge is 0.292 e. The highest BCUT2D eigenvalue weighted by atomic mass is 15.1. The van der Waals surface area contributed by atoms with E-state index in [1.807, 2.05) is 31.2 Å². The molecule has 0 aliphatic rings. The topological polar surface area (TPSA) is 17.8 Å². The van der Waals surface area contributed by atoms with Crippen LogP contribution in [0.4, 0.5) is 0 Å². The fourth-order valence-electron chi connectivity index (χ4n) is 6.39. The molecule has 0 saturated heterocycles. The van der Waals surface area contributed by atoms with Gasteiger partial charge in [0.05, 0.1) is 11.4 Å². The molecular weight excluding hydrogens is 544 g/mol. The second-order valence-electron chi connectivity index (χ2n) is 11.2. The molecule has 0 unspecified atom stereocenters. The summed E-state index contributed by atoms with van der Waals surface area (Å²) in [5, 5.41) is 5.12. The molecule has 0 aliphatic heterocycles. The number of para-hydroxylation sites is 1. The van der Waals surface area contributed by atoms with E-state index in [1.165, 1.54) is 38.2 Å². The molecule has 1 aromatic heterocycles. The number of benzene rings is 6. The minimum Gasteiger partial charge on any atom is -0.292 e. The Morgan fingerprint density at radius 2 is 1.16 bits per heavy atom. The number of hydrogen-bond acceptors (Lipinski definition) is 1. The van der Waals surface area contributed by atoms with Crippen LogP contribution in [0.3, 0.4) is 0 Å². The number of aromatic nitrogens is 2. The van der Waals surface area contributed by atoms with Gasteiger partial charge in [-0.15, -0.1) is 0 Å². The maximum atomic E-state index is 5.37. The smallest absolute Gasteiger partial charge is 0.145 e. The van der Waals surface area contributed by atoms with Gasteiger partial charge in [-0.1, -0.05) is 152 Å². The SMILES string of the molecule is C=C/C(=C\C=C/C)c1c(-c2ccccc2)nc(-c2ccc(-c3c4ccccc4c(C)c4ccccc34)cc2)n1-c1ccccc1. The van der Waals surface area contributed by atoms with Crippen molar-refractivity contribution in [2.24, 2.45) is 0 Å². The molecule has 0 spiro atoms. The summed E-state index contributed by atoms with van der Waals surface area (Å²) in [6, 6.07) is 47.3. The number of rotatable bonds is 7. The highest BCUT2D eigenvalue weighted by molar-refractivity contribution is 6.14. The van der Waals surface area contributed by atoms with Crippen molar-refractivity contribution in [1.82, 2.24) is 9.55 Å². The third-order valence-electron chi connectivity index (χ3n) is 8.53. The van der Waals surface area contributed by atoms with E-state index in [9.17, 15) is 0 Å². The van der Waals surface area contributed by atoms with Crippen molar-refractivity contribution in [3.05, 3.63) is 176 Å². The summed E-state index contributed by atoms with van der Waals surface area (Å²) in [5.74, 6) is 0.883. The number of allylic oxidation sites excluding steroid dienone is 5. The summed E-state index contributed by atoms with van der Waals surface area (Å²) >= 11 is 0. The predicted molar refractivity (Wildman–Crippen MR) is 193 cm³/mol. The summed E-state index contributed by atoms with van der Waals surface area (Å²) in [6.45, 7) is 8.45. The zero-order valence-electron chi connectivity index (χ0n) is 25.6. The Morgan fingerprint density at radius 3 is 1.73 bits per heavy atom. The van der Waals surface area contributed by atoms with E-state index in [1.54, 1.807) is 0 Å². The molecule has 0 amide bonds. The second-order valence-corrected chi connectivity index (χ2v) is 11.2. The Bertz CT molecular complexity index is 2160. The number of imidazole rings is 1. The monoisotopic (exact) mass is 578 g/mol. The summed E-state index contributed by atoms with van der Waals surface area (Å²) < 4.78 is 2.27. The summed E-state index contributed by atoms with van der Waals surface area (Å²) in [6.07, 6.45) is 8.12. The molecule has 7 aromatic rings. The van der Waals surface area contributed by atoms with E-state index in [0.29, 0.717) is 0 Å². The molecule has 0 atom stereocenters. The lowest BCUT2D eigenvalue weighted by Crippen LogP contribution is -2.02. The molecule has 1 heterocycles. The van der Waals surface area contributed by atoms with Crippen LogP contribution in [-0.2, 0) is 0 Å². The van der Waals surface area contributed by atoms with Gasteiger partial charge in [-0.25, -0.2) is 4.98 Å². The molecule has 45 heavy (non-hydrogen) atoms. The molecule has 216 valence electrons. The Balaban J connectivity index is 1.48. The van der Waals surface area contributed by atoms with Gasteiger partial charge < -0.3 is 0 Å². The van der Waals surface area contributed by atoms with Crippen LogP contribution in [0.15, 0.2) is 164 Å². The molecule has 0 saturated carbocycles. The highest BCUT2D eigenvalue weighted by Crippen LogP contribution is 2.41. The Labute approximate surface area is 265 Å². The highest BCUT2D eigenvalue weighted by Gasteiger charge is 2.23. The van der Waals surface area contributed by atoms with Crippen LogP contribution in [-0.4, -0.2) is 9.55 Å². The van der Waals surface area contributed by atoms with Crippen molar-refractivity contribution in [2.75, 3.05) is 0 Å². The van der Waals surface area contributed by atoms with E-state index in [4.69, 9.17) is 4.98 Å². The molecule has 0 bridgehead atoms. The predicted octanol–water partition coefficient (Wildman–Crippen LogP) is 11.6. The van der Waals surface area contributed by atoms with Gasteiger partial charge in [-0.2, -0.15) is 0 Å². The van der Waals surface area contributed by atoms with Gasteiger partial charge in [0.2, 0.25) is 0 Å². The van der Waals surface area contributed by atoms with Gasteiger partial charge >= 0.3 is 0 Å². The fraction of sp³-hybridized carbons (Fsp3) is 0.0465. The second kappa shape index (κ2) is 12.1. The zero-order chi connectivity index (χ0) is 30.8. The van der Waals surface area contributed by atoms with E-state index in [-0.39, 0.29) is 0 Å². The number of fused-ring (bicyclic) bond motifs is 2. The minimum atomic E-state index is 0.883. The fourth-order valence-corrected chi connectivity index (χ4v) is 6.39. The maximum absolute atomic E-state index is 5.37. The number of nitrogens with zero attached hydrogens (tertiary/aromatic N) is 2. The Morgan fingerprint density at radius 1 is 0.622 bits per heavy atom.